The number of hydrogen-bond donors (Lipinski definition) is 4. The molecule has 0 aliphatic heterocycles. The van der Waals surface area contributed by atoms with Crippen molar-refractivity contribution >= 4 is 91.2 Å². The molecule has 15 heteroatoms. The van der Waals surface area contributed by atoms with Crippen molar-refractivity contribution in [2.45, 2.75) is 20.8 Å². The first-order chi connectivity index (χ1) is 19.7. The average molecular weight is 627 g/mol. The number of carbonyl (C=O) groups is 2. The predicted octanol–water partition coefficient (Wildman–Crippen LogP) is 7.01. The lowest BCUT2D eigenvalue weighted by Crippen LogP contribution is -2.11. The van der Waals surface area contributed by atoms with Gasteiger partial charge in [-0.05, 0) is 44.0 Å². The van der Waals surface area contributed by atoms with Gasteiger partial charge in [0.25, 0.3) is 11.8 Å². The van der Waals surface area contributed by atoms with Gasteiger partial charge < -0.3 is 10.6 Å². The smallest absolute Gasteiger partial charge is 0.267 e. The van der Waals surface area contributed by atoms with Crippen LogP contribution in [0, 0.1) is 20.8 Å². The molecule has 5 rings (SSSR count). The summed E-state index contributed by atoms with van der Waals surface area (Å²) in [5, 5.41) is 13.4. The molecule has 0 saturated heterocycles. The summed E-state index contributed by atoms with van der Waals surface area (Å²) in [4.78, 5) is 47.7. The van der Waals surface area contributed by atoms with Crippen molar-refractivity contribution in [1.82, 2.24) is 24.9 Å². The molecule has 0 fully saturated rings. The molecule has 3 heterocycles. The van der Waals surface area contributed by atoms with Crippen LogP contribution in [0.1, 0.15) is 36.3 Å². The first kappa shape index (κ1) is 28.4. The third-order valence-corrected chi connectivity index (χ3v) is 8.02. The van der Waals surface area contributed by atoms with Gasteiger partial charge in [-0.1, -0.05) is 70.1 Å². The molecule has 0 saturated carbocycles. The number of amides is 2. The fraction of sp³-hybridized carbons (Fsp3) is 0.115. The second-order valence-corrected chi connectivity index (χ2v) is 11.5. The molecule has 208 valence electrons. The number of aryl methyl sites for hydroxylation is 3. The summed E-state index contributed by atoms with van der Waals surface area (Å²) >= 11 is 14.7. The zero-order chi connectivity index (χ0) is 29.1. The molecule has 0 bridgehead atoms. The van der Waals surface area contributed by atoms with E-state index in [2.05, 4.69) is 46.2 Å². The zero-order valence-corrected chi connectivity index (χ0v) is 24.9. The first-order valence-electron chi connectivity index (χ1n) is 12.0. The SMILES string of the molecule is Cc1nc(Nc2ncc(C(=O)Nc3c(C)cccc3Cl)s2)nc(Nc2ncc(C(=O)Nc3c(C)cccc3Cl)s2)n1. The maximum absolute atomic E-state index is 12.8. The molecule has 0 unspecified atom stereocenters. The van der Waals surface area contributed by atoms with E-state index in [0.717, 1.165) is 33.8 Å². The van der Waals surface area contributed by atoms with Gasteiger partial charge in [-0.25, -0.2) is 9.97 Å². The Morgan fingerprint density at radius 3 is 1.54 bits per heavy atom. The number of halogens is 2. The fourth-order valence-corrected chi connectivity index (χ4v) is 5.54. The Hall–Kier alpha value is -4.17. The highest BCUT2D eigenvalue weighted by atomic mass is 35.5. The number of benzene rings is 2. The van der Waals surface area contributed by atoms with E-state index in [1.165, 1.54) is 12.4 Å². The molecular formula is C26H21Cl2N9O2S2. The Labute approximate surface area is 252 Å². The number of rotatable bonds is 8. The summed E-state index contributed by atoms with van der Waals surface area (Å²) in [6.07, 6.45) is 2.90. The maximum Gasteiger partial charge on any atom is 0.267 e. The van der Waals surface area contributed by atoms with Gasteiger partial charge >= 0.3 is 0 Å². The lowest BCUT2D eigenvalue weighted by Gasteiger charge is -2.09. The van der Waals surface area contributed by atoms with Crippen molar-refractivity contribution in [2.24, 2.45) is 0 Å². The van der Waals surface area contributed by atoms with Gasteiger partial charge in [0.1, 0.15) is 15.6 Å². The number of hydrogen-bond acceptors (Lipinski definition) is 11. The molecule has 2 aromatic carbocycles. The van der Waals surface area contributed by atoms with Gasteiger partial charge in [0.05, 0.1) is 33.8 Å². The summed E-state index contributed by atoms with van der Waals surface area (Å²) in [6.45, 7) is 5.43. The van der Waals surface area contributed by atoms with Crippen LogP contribution in [0.2, 0.25) is 10.0 Å². The first-order valence-corrected chi connectivity index (χ1v) is 14.4. The molecule has 0 spiro atoms. The second kappa shape index (κ2) is 12.1. The third kappa shape index (κ3) is 6.77. The Bertz CT molecular complexity index is 1610. The monoisotopic (exact) mass is 625 g/mol. The standard InChI is InChI=1S/C26H21Cl2N9O2S2/c1-12-6-4-8-15(27)19(12)33-21(38)17-10-29-25(40-17)36-23-31-14(3)32-24(35-23)37-26-30-11-18(41-26)22(39)34-20-13(2)7-5-9-16(20)28/h4-11H,1-3H3,(H,33,38)(H,34,39)(H2,29,30,31,32,35,36,37). The lowest BCUT2D eigenvalue weighted by molar-refractivity contribution is 0.102. The molecule has 3 aromatic heterocycles. The van der Waals surface area contributed by atoms with Gasteiger partial charge in [-0.15, -0.1) is 0 Å². The Kier molecular flexibility index (Phi) is 8.40. The largest absolute Gasteiger partial charge is 0.320 e. The quantitative estimate of drug-likeness (QED) is 0.143. The van der Waals surface area contributed by atoms with E-state index in [1.807, 2.05) is 38.1 Å². The topological polar surface area (TPSA) is 147 Å². The van der Waals surface area contributed by atoms with Crippen molar-refractivity contribution in [3.8, 4) is 0 Å². The molecule has 0 radical (unpaired) electrons. The zero-order valence-electron chi connectivity index (χ0n) is 21.7. The third-order valence-electron chi connectivity index (χ3n) is 5.56. The molecular weight excluding hydrogens is 605 g/mol. The normalized spacial score (nSPS) is 10.8. The van der Waals surface area contributed by atoms with Crippen LogP contribution < -0.4 is 21.3 Å². The van der Waals surface area contributed by atoms with E-state index in [4.69, 9.17) is 23.2 Å². The van der Waals surface area contributed by atoms with E-state index in [0.29, 0.717) is 47.3 Å². The molecule has 4 N–H and O–H groups in total. The minimum atomic E-state index is -0.339. The van der Waals surface area contributed by atoms with Crippen LogP contribution in [0.4, 0.5) is 33.5 Å². The van der Waals surface area contributed by atoms with Gasteiger partial charge in [0.2, 0.25) is 11.9 Å². The molecule has 0 aliphatic carbocycles. The minimum absolute atomic E-state index is 0.215. The van der Waals surface area contributed by atoms with Crippen molar-refractivity contribution in [3.63, 3.8) is 0 Å². The van der Waals surface area contributed by atoms with Crippen molar-refractivity contribution < 1.29 is 9.59 Å². The number of nitrogens with one attached hydrogen (secondary N) is 4. The molecule has 11 nitrogen and oxygen atoms in total. The Balaban J connectivity index is 1.25. The highest BCUT2D eigenvalue weighted by Gasteiger charge is 2.17. The van der Waals surface area contributed by atoms with Crippen molar-refractivity contribution in [1.29, 1.82) is 0 Å². The Morgan fingerprint density at radius 2 is 1.12 bits per heavy atom. The van der Waals surface area contributed by atoms with Crippen LogP contribution >= 0.6 is 45.9 Å². The summed E-state index contributed by atoms with van der Waals surface area (Å²) in [5.41, 5.74) is 2.79. The minimum Gasteiger partial charge on any atom is -0.320 e. The highest BCUT2D eigenvalue weighted by Crippen LogP contribution is 2.29. The predicted molar refractivity (Wildman–Crippen MR) is 164 cm³/mol. The summed E-state index contributed by atoms with van der Waals surface area (Å²) in [6, 6.07) is 10.8. The molecule has 2 amide bonds. The van der Waals surface area contributed by atoms with Crippen LogP contribution in [0.3, 0.4) is 0 Å². The number of nitrogens with zero attached hydrogens (tertiary/aromatic N) is 5. The summed E-state index contributed by atoms with van der Waals surface area (Å²) < 4.78 is 0. The van der Waals surface area contributed by atoms with E-state index in [1.54, 1.807) is 19.1 Å². The number of carbonyl (C=O) groups excluding carboxylic acids is 2. The second-order valence-electron chi connectivity index (χ2n) is 8.61. The van der Waals surface area contributed by atoms with Crippen LogP contribution in [-0.2, 0) is 0 Å². The van der Waals surface area contributed by atoms with E-state index < -0.39 is 0 Å². The van der Waals surface area contributed by atoms with Crippen LogP contribution in [0.15, 0.2) is 48.8 Å². The molecule has 41 heavy (non-hydrogen) atoms. The van der Waals surface area contributed by atoms with Gasteiger partial charge in [-0.2, -0.15) is 15.0 Å². The number of aromatic nitrogens is 5. The number of para-hydroxylation sites is 2. The van der Waals surface area contributed by atoms with Crippen molar-refractivity contribution in [2.75, 3.05) is 21.3 Å². The van der Waals surface area contributed by atoms with E-state index >= 15 is 0 Å². The van der Waals surface area contributed by atoms with E-state index in [-0.39, 0.29) is 23.7 Å². The summed E-state index contributed by atoms with van der Waals surface area (Å²) in [5.74, 6) is 0.180. The molecule has 0 atom stereocenters. The summed E-state index contributed by atoms with van der Waals surface area (Å²) in [7, 11) is 0. The van der Waals surface area contributed by atoms with Gasteiger partial charge in [0, 0.05) is 0 Å². The maximum atomic E-state index is 12.8. The van der Waals surface area contributed by atoms with E-state index in [9.17, 15) is 9.59 Å². The van der Waals surface area contributed by atoms with Crippen LogP contribution in [0.5, 0.6) is 0 Å². The highest BCUT2D eigenvalue weighted by molar-refractivity contribution is 7.18. The number of thiazole rings is 2. The lowest BCUT2D eigenvalue weighted by atomic mass is 10.2. The number of anilines is 6. The Morgan fingerprint density at radius 1 is 0.683 bits per heavy atom. The van der Waals surface area contributed by atoms with Crippen molar-refractivity contribution in [3.05, 3.63) is 85.5 Å². The average Bonchev–Trinajstić information content (AvgIpc) is 3.58. The van der Waals surface area contributed by atoms with Gasteiger partial charge in [0.15, 0.2) is 10.3 Å². The molecule has 5 aromatic rings. The van der Waals surface area contributed by atoms with Crippen LogP contribution in [-0.4, -0.2) is 36.7 Å². The molecule has 0 aliphatic rings. The van der Waals surface area contributed by atoms with Crippen LogP contribution in [0.25, 0.3) is 0 Å². The fourth-order valence-electron chi connectivity index (χ4n) is 3.59. The van der Waals surface area contributed by atoms with Gasteiger partial charge in [-0.3, -0.25) is 20.2 Å².